The van der Waals surface area contributed by atoms with E-state index in [0.717, 1.165) is 6.04 Å². The van der Waals surface area contributed by atoms with Gasteiger partial charge >= 0.3 is 0 Å². The van der Waals surface area contributed by atoms with Gasteiger partial charge in [-0.15, -0.1) is 0 Å². The number of rotatable bonds is 0. The first-order chi connectivity index (χ1) is 3.63. The zero-order chi connectivity index (χ0) is 6.20. The summed E-state index contributed by atoms with van der Waals surface area (Å²) in [6.07, 6.45) is 0. The van der Waals surface area contributed by atoms with Crippen LogP contribution in [0.4, 0.5) is 0 Å². The van der Waals surface area contributed by atoms with Crippen molar-refractivity contribution in [2.45, 2.75) is 13.0 Å². The molecule has 1 atom stereocenters. The van der Waals surface area contributed by atoms with Gasteiger partial charge in [-0.2, -0.15) is 0 Å². The van der Waals surface area contributed by atoms with Crippen LogP contribution in [-0.2, 0) is 0 Å². The van der Waals surface area contributed by atoms with Crippen molar-refractivity contribution < 1.29 is 4.48 Å². The smallest absolute Gasteiger partial charge is 0.125 e. The van der Waals surface area contributed by atoms with Gasteiger partial charge in [0, 0.05) is 0 Å². The maximum absolute atomic E-state index is 2.32. The summed E-state index contributed by atoms with van der Waals surface area (Å²) < 4.78 is 1.20. The molecular weight excluding hydrogens is 118 g/mol. The van der Waals surface area contributed by atoms with Crippen molar-refractivity contribution in [2.75, 3.05) is 25.7 Å². The molecule has 1 aliphatic heterocycles. The largest absolute Gasteiger partial charge is 0.317 e. The number of nitrogens with zero attached hydrogens (tertiary/aromatic N) is 1. The van der Waals surface area contributed by atoms with E-state index >= 15 is 0 Å². The Morgan fingerprint density at radius 1 is 1.50 bits per heavy atom. The molecule has 0 spiro atoms. The van der Waals surface area contributed by atoms with Gasteiger partial charge in [0.2, 0.25) is 0 Å². The Balaban J connectivity index is 2.54. The van der Waals surface area contributed by atoms with Gasteiger partial charge in [-0.05, 0) is 6.92 Å². The molecule has 1 aliphatic rings. The van der Waals surface area contributed by atoms with Crippen LogP contribution in [0.5, 0.6) is 0 Å². The fourth-order valence-electron chi connectivity index (χ4n) is 0.788. The van der Waals surface area contributed by atoms with Crippen molar-refractivity contribution in [2.24, 2.45) is 0 Å². The first-order valence-electron chi connectivity index (χ1n) is 3.03. The van der Waals surface area contributed by atoms with Crippen LogP contribution in [0.25, 0.3) is 0 Å². The van der Waals surface area contributed by atoms with Gasteiger partial charge in [-0.25, -0.2) is 0 Å². The number of quaternary nitrogens is 1. The van der Waals surface area contributed by atoms with Gasteiger partial charge < -0.3 is 4.48 Å². The number of hydrogen-bond donors (Lipinski definition) is 0. The Labute approximate surface area is 55.7 Å². The van der Waals surface area contributed by atoms with E-state index in [1.165, 1.54) is 16.1 Å². The fourth-order valence-corrected chi connectivity index (χ4v) is 2.36. The van der Waals surface area contributed by atoms with Gasteiger partial charge in [-0.1, -0.05) is 11.8 Å². The molecule has 2 heteroatoms. The molecule has 0 aliphatic carbocycles. The van der Waals surface area contributed by atoms with E-state index in [9.17, 15) is 0 Å². The van der Waals surface area contributed by atoms with Gasteiger partial charge in [0.05, 0.1) is 25.9 Å². The van der Waals surface area contributed by atoms with E-state index in [4.69, 9.17) is 0 Å². The van der Waals surface area contributed by atoms with Crippen LogP contribution >= 0.6 is 11.8 Å². The van der Waals surface area contributed by atoms with E-state index < -0.39 is 0 Å². The minimum absolute atomic E-state index is 0.861. The minimum Gasteiger partial charge on any atom is -0.317 e. The first kappa shape index (κ1) is 6.43. The van der Waals surface area contributed by atoms with Crippen LogP contribution in [0.3, 0.4) is 0 Å². The molecule has 0 N–H and O–H groups in total. The van der Waals surface area contributed by atoms with Gasteiger partial charge in [0.1, 0.15) is 5.88 Å². The molecule has 0 bridgehead atoms. The lowest BCUT2D eigenvalue weighted by molar-refractivity contribution is -0.893. The summed E-state index contributed by atoms with van der Waals surface area (Å²) in [5, 5.41) is 0. The van der Waals surface area contributed by atoms with E-state index in [-0.39, 0.29) is 0 Å². The maximum Gasteiger partial charge on any atom is 0.125 e. The monoisotopic (exact) mass is 132 g/mol. The standard InChI is InChI=1S/C6H14NS/c1-6-4-8-5-7(6,2)3/h6H,4-5H2,1-3H3/q+1. The molecule has 1 fully saturated rings. The second-order valence-corrected chi connectivity index (χ2v) is 4.13. The molecule has 1 nitrogen and oxygen atoms in total. The molecule has 1 heterocycles. The molecule has 1 unspecified atom stereocenters. The lowest BCUT2D eigenvalue weighted by atomic mass is 10.3. The predicted molar refractivity (Wildman–Crippen MR) is 38.9 cm³/mol. The Kier molecular flexibility index (Phi) is 1.54. The Bertz CT molecular complexity index is 90.5. The molecule has 0 saturated carbocycles. The van der Waals surface area contributed by atoms with Crippen molar-refractivity contribution in [1.82, 2.24) is 0 Å². The van der Waals surface area contributed by atoms with E-state index in [1.54, 1.807) is 0 Å². The second-order valence-electron chi connectivity index (χ2n) is 3.13. The molecule has 0 aromatic heterocycles. The van der Waals surface area contributed by atoms with Crippen LogP contribution in [0.15, 0.2) is 0 Å². The lowest BCUT2D eigenvalue weighted by Gasteiger charge is -2.27. The molecule has 0 radical (unpaired) electrons. The molecule has 0 aromatic carbocycles. The van der Waals surface area contributed by atoms with E-state index in [0.29, 0.717) is 0 Å². The highest BCUT2D eigenvalue weighted by Gasteiger charge is 2.29. The Morgan fingerprint density at radius 2 is 2.12 bits per heavy atom. The van der Waals surface area contributed by atoms with Crippen molar-refractivity contribution in [3.63, 3.8) is 0 Å². The predicted octanol–water partition coefficient (Wildman–Crippen LogP) is 1.16. The quantitative estimate of drug-likeness (QED) is 0.446. The second kappa shape index (κ2) is 1.92. The minimum atomic E-state index is 0.861. The normalized spacial score (nSPS) is 35.6. The van der Waals surface area contributed by atoms with Crippen LogP contribution in [0, 0.1) is 0 Å². The topological polar surface area (TPSA) is 0 Å². The number of hydrogen-bond acceptors (Lipinski definition) is 1. The van der Waals surface area contributed by atoms with Gasteiger partial charge in [-0.3, -0.25) is 0 Å². The highest BCUT2D eigenvalue weighted by molar-refractivity contribution is 7.99. The van der Waals surface area contributed by atoms with Gasteiger partial charge in [0.15, 0.2) is 0 Å². The summed E-state index contributed by atoms with van der Waals surface area (Å²) in [7, 11) is 4.59. The Morgan fingerprint density at radius 3 is 2.25 bits per heavy atom. The number of thioether (sulfide) groups is 1. The third-order valence-corrected chi connectivity index (χ3v) is 3.54. The van der Waals surface area contributed by atoms with Crippen LogP contribution in [0.2, 0.25) is 0 Å². The lowest BCUT2D eigenvalue weighted by Crippen LogP contribution is -2.42. The molecule has 1 saturated heterocycles. The SMILES string of the molecule is CC1CSC[N+]1(C)C. The molecule has 0 amide bonds. The molecule has 1 rings (SSSR count). The van der Waals surface area contributed by atoms with Crippen molar-refractivity contribution in [3.05, 3.63) is 0 Å². The summed E-state index contributed by atoms with van der Waals surface area (Å²) in [5.74, 6) is 2.63. The average molecular weight is 132 g/mol. The third-order valence-electron chi connectivity index (χ3n) is 1.98. The van der Waals surface area contributed by atoms with Crippen molar-refractivity contribution in [3.8, 4) is 0 Å². The summed E-state index contributed by atoms with van der Waals surface area (Å²) in [6.45, 7) is 2.32. The summed E-state index contributed by atoms with van der Waals surface area (Å²) in [5.41, 5.74) is 0. The Hall–Kier alpha value is 0.310. The highest BCUT2D eigenvalue weighted by atomic mass is 32.2. The fraction of sp³-hybridized carbons (Fsp3) is 1.00. The molecule has 0 aromatic rings. The highest BCUT2D eigenvalue weighted by Crippen LogP contribution is 2.24. The molecule has 8 heavy (non-hydrogen) atoms. The van der Waals surface area contributed by atoms with E-state index in [2.05, 4.69) is 32.8 Å². The molecule has 48 valence electrons. The zero-order valence-corrected chi connectivity index (χ0v) is 6.66. The van der Waals surface area contributed by atoms with E-state index in [1.807, 2.05) is 0 Å². The summed E-state index contributed by atoms with van der Waals surface area (Å²) in [6, 6.07) is 0.861. The maximum atomic E-state index is 2.32. The average Bonchev–Trinajstić information content (AvgIpc) is 1.86. The summed E-state index contributed by atoms with van der Waals surface area (Å²) in [4.78, 5) is 0. The first-order valence-corrected chi connectivity index (χ1v) is 4.19. The van der Waals surface area contributed by atoms with Crippen LogP contribution in [-0.4, -0.2) is 36.2 Å². The zero-order valence-electron chi connectivity index (χ0n) is 5.85. The third kappa shape index (κ3) is 1.00. The van der Waals surface area contributed by atoms with Crippen molar-refractivity contribution in [1.29, 1.82) is 0 Å². The van der Waals surface area contributed by atoms with Crippen LogP contribution in [0.1, 0.15) is 6.92 Å². The van der Waals surface area contributed by atoms with Crippen molar-refractivity contribution >= 4 is 11.8 Å². The summed E-state index contributed by atoms with van der Waals surface area (Å²) >= 11 is 2.06. The molecular formula is C6H14NS+. The van der Waals surface area contributed by atoms with Crippen LogP contribution < -0.4 is 0 Å². The van der Waals surface area contributed by atoms with Gasteiger partial charge in [0.25, 0.3) is 0 Å².